The molecule has 0 aliphatic carbocycles. The monoisotopic (exact) mass is 359 g/mol. The fraction of sp³-hybridized carbons (Fsp3) is 0.667. The molecule has 1 aromatic rings. The van der Waals surface area contributed by atoms with E-state index in [9.17, 15) is 13.2 Å². The molecule has 130 valence electrons. The van der Waals surface area contributed by atoms with Crippen molar-refractivity contribution in [2.45, 2.75) is 44.6 Å². The highest BCUT2D eigenvalue weighted by Crippen LogP contribution is 2.24. The molecule has 2 rings (SSSR count). The van der Waals surface area contributed by atoms with Gasteiger partial charge in [-0.15, -0.1) is 11.3 Å². The van der Waals surface area contributed by atoms with Crippen molar-refractivity contribution >= 4 is 27.3 Å². The summed E-state index contributed by atoms with van der Waals surface area (Å²) in [7, 11) is -3.50. The summed E-state index contributed by atoms with van der Waals surface area (Å²) < 4.78 is 27.0. The first-order valence-corrected chi connectivity index (χ1v) is 10.2. The van der Waals surface area contributed by atoms with Gasteiger partial charge in [-0.2, -0.15) is 0 Å². The van der Waals surface area contributed by atoms with Gasteiger partial charge in [0.1, 0.15) is 0 Å². The van der Waals surface area contributed by atoms with Crippen molar-refractivity contribution in [3.63, 3.8) is 0 Å². The molecule has 23 heavy (non-hydrogen) atoms. The van der Waals surface area contributed by atoms with Crippen LogP contribution in [0.4, 0.5) is 0 Å². The Morgan fingerprint density at radius 2 is 2.13 bits per heavy atom. The molecular formula is C15H25N3O3S2. The molecule has 1 aromatic heterocycles. The van der Waals surface area contributed by atoms with E-state index >= 15 is 0 Å². The van der Waals surface area contributed by atoms with Crippen LogP contribution in [0.1, 0.15) is 29.5 Å². The molecule has 0 spiro atoms. The molecule has 1 aliphatic heterocycles. The molecule has 0 unspecified atom stereocenters. The molecule has 1 saturated heterocycles. The maximum atomic E-state index is 12.2. The molecule has 0 aromatic carbocycles. The lowest BCUT2D eigenvalue weighted by atomic mass is 9.92. The summed E-state index contributed by atoms with van der Waals surface area (Å²) in [5.74, 6) is 0.0322. The number of piperidine rings is 1. The first-order valence-electron chi connectivity index (χ1n) is 7.87. The van der Waals surface area contributed by atoms with E-state index in [-0.39, 0.29) is 18.4 Å². The number of carbonyl (C=O) groups excluding carboxylic acids is 1. The van der Waals surface area contributed by atoms with Crippen molar-refractivity contribution in [3.8, 4) is 0 Å². The molecule has 1 fully saturated rings. The van der Waals surface area contributed by atoms with E-state index in [1.807, 2.05) is 6.92 Å². The standard InChI is InChI=1S/C15H25N3O3S2/c1-10-8-13(4-5-16-10)15(19)17-6-7-18-23(20,21)14-9-11(2)22-12(14)3/h9-10,13,16,18H,4-8H2,1-3H3,(H,17,19)/t10-,13-/m0/s1. The number of aryl methyl sites for hydroxylation is 2. The Labute approximate surface area is 142 Å². The fourth-order valence-corrected chi connectivity index (χ4v) is 5.42. The second-order valence-corrected chi connectivity index (χ2v) is 9.24. The van der Waals surface area contributed by atoms with Crippen LogP contribution in [0.25, 0.3) is 0 Å². The van der Waals surface area contributed by atoms with Gasteiger partial charge in [0.05, 0.1) is 4.90 Å². The Morgan fingerprint density at radius 1 is 1.39 bits per heavy atom. The van der Waals surface area contributed by atoms with E-state index in [0.717, 1.165) is 29.1 Å². The molecule has 2 heterocycles. The molecule has 3 N–H and O–H groups in total. The number of hydrogen-bond donors (Lipinski definition) is 3. The minimum atomic E-state index is -3.50. The van der Waals surface area contributed by atoms with E-state index in [0.29, 0.717) is 17.5 Å². The highest BCUT2D eigenvalue weighted by atomic mass is 32.2. The number of amides is 1. The van der Waals surface area contributed by atoms with Crippen LogP contribution < -0.4 is 15.4 Å². The largest absolute Gasteiger partial charge is 0.355 e. The summed E-state index contributed by atoms with van der Waals surface area (Å²) in [5.41, 5.74) is 0. The first kappa shape index (κ1) is 18.4. The van der Waals surface area contributed by atoms with Gasteiger partial charge in [-0.05, 0) is 46.2 Å². The van der Waals surface area contributed by atoms with Gasteiger partial charge in [0.15, 0.2) is 0 Å². The molecule has 8 heteroatoms. The van der Waals surface area contributed by atoms with Gasteiger partial charge >= 0.3 is 0 Å². The number of thiophene rings is 1. The van der Waals surface area contributed by atoms with Gasteiger partial charge in [0, 0.05) is 34.8 Å². The van der Waals surface area contributed by atoms with Gasteiger partial charge in [-0.25, -0.2) is 13.1 Å². The summed E-state index contributed by atoms with van der Waals surface area (Å²) in [5, 5.41) is 6.13. The second kappa shape index (κ2) is 7.74. The number of rotatable bonds is 6. The topological polar surface area (TPSA) is 87.3 Å². The Hall–Kier alpha value is -0.960. The summed E-state index contributed by atoms with van der Waals surface area (Å²) in [6.07, 6.45) is 1.65. The van der Waals surface area contributed by atoms with Crippen LogP contribution in [0.5, 0.6) is 0 Å². The Kier molecular flexibility index (Phi) is 6.19. The van der Waals surface area contributed by atoms with Crippen LogP contribution in [0.2, 0.25) is 0 Å². The highest BCUT2D eigenvalue weighted by molar-refractivity contribution is 7.89. The van der Waals surface area contributed by atoms with Crippen molar-refractivity contribution in [2.75, 3.05) is 19.6 Å². The smallest absolute Gasteiger partial charge is 0.241 e. The lowest BCUT2D eigenvalue weighted by Crippen LogP contribution is -2.44. The lowest BCUT2D eigenvalue weighted by Gasteiger charge is -2.27. The molecule has 0 bridgehead atoms. The average Bonchev–Trinajstić information content (AvgIpc) is 2.83. The minimum Gasteiger partial charge on any atom is -0.355 e. The third-order valence-corrected chi connectivity index (χ3v) is 6.68. The Balaban J connectivity index is 1.78. The van der Waals surface area contributed by atoms with Crippen LogP contribution >= 0.6 is 11.3 Å². The SMILES string of the molecule is Cc1cc(S(=O)(=O)NCCNC(=O)[C@H]2CCN[C@@H](C)C2)c(C)s1. The van der Waals surface area contributed by atoms with Gasteiger partial charge < -0.3 is 10.6 Å². The van der Waals surface area contributed by atoms with E-state index in [1.165, 1.54) is 11.3 Å². The molecular weight excluding hydrogens is 334 g/mol. The third kappa shape index (κ3) is 5.00. The summed E-state index contributed by atoms with van der Waals surface area (Å²) >= 11 is 1.46. The predicted molar refractivity (Wildman–Crippen MR) is 92.2 cm³/mol. The second-order valence-electron chi connectivity index (χ2n) is 6.04. The van der Waals surface area contributed by atoms with E-state index in [2.05, 4.69) is 22.3 Å². The Morgan fingerprint density at radius 3 is 2.74 bits per heavy atom. The number of hydrogen-bond acceptors (Lipinski definition) is 5. The van der Waals surface area contributed by atoms with Crippen LogP contribution in [-0.2, 0) is 14.8 Å². The summed E-state index contributed by atoms with van der Waals surface area (Å²) in [6.45, 7) is 7.10. The van der Waals surface area contributed by atoms with Gasteiger partial charge in [0.2, 0.25) is 15.9 Å². The summed E-state index contributed by atoms with van der Waals surface area (Å²) in [4.78, 5) is 14.2. The average molecular weight is 360 g/mol. The highest BCUT2D eigenvalue weighted by Gasteiger charge is 2.24. The molecule has 0 radical (unpaired) electrons. The predicted octanol–water partition coefficient (Wildman–Crippen LogP) is 1.15. The van der Waals surface area contributed by atoms with Crippen molar-refractivity contribution in [1.29, 1.82) is 0 Å². The maximum absolute atomic E-state index is 12.2. The molecule has 6 nitrogen and oxygen atoms in total. The van der Waals surface area contributed by atoms with E-state index in [1.54, 1.807) is 13.0 Å². The normalized spacial score (nSPS) is 22.0. The fourth-order valence-electron chi connectivity index (χ4n) is 2.84. The maximum Gasteiger partial charge on any atom is 0.241 e. The molecule has 2 atom stereocenters. The van der Waals surface area contributed by atoms with Crippen LogP contribution in [0.15, 0.2) is 11.0 Å². The van der Waals surface area contributed by atoms with E-state index in [4.69, 9.17) is 0 Å². The van der Waals surface area contributed by atoms with Crippen LogP contribution in [-0.4, -0.2) is 40.0 Å². The zero-order valence-corrected chi connectivity index (χ0v) is 15.4. The van der Waals surface area contributed by atoms with Gasteiger partial charge in [0.25, 0.3) is 0 Å². The number of sulfonamides is 1. The number of nitrogens with one attached hydrogen (secondary N) is 3. The lowest BCUT2D eigenvalue weighted by molar-refractivity contribution is -0.126. The van der Waals surface area contributed by atoms with Gasteiger partial charge in [-0.1, -0.05) is 0 Å². The molecule has 1 aliphatic rings. The van der Waals surface area contributed by atoms with Crippen molar-refractivity contribution in [3.05, 3.63) is 15.8 Å². The third-order valence-electron chi connectivity index (χ3n) is 4.00. The van der Waals surface area contributed by atoms with E-state index < -0.39 is 10.0 Å². The zero-order valence-electron chi connectivity index (χ0n) is 13.8. The molecule has 1 amide bonds. The number of carbonyl (C=O) groups is 1. The van der Waals surface area contributed by atoms with Crippen LogP contribution in [0, 0.1) is 19.8 Å². The minimum absolute atomic E-state index is 0.0140. The van der Waals surface area contributed by atoms with Crippen molar-refractivity contribution in [2.24, 2.45) is 5.92 Å². The van der Waals surface area contributed by atoms with Crippen molar-refractivity contribution in [1.82, 2.24) is 15.4 Å². The Bertz CT molecular complexity index is 655. The molecule has 0 saturated carbocycles. The van der Waals surface area contributed by atoms with Crippen molar-refractivity contribution < 1.29 is 13.2 Å². The van der Waals surface area contributed by atoms with Crippen LogP contribution in [0.3, 0.4) is 0 Å². The first-order chi connectivity index (χ1) is 10.8. The quantitative estimate of drug-likeness (QED) is 0.665. The summed E-state index contributed by atoms with van der Waals surface area (Å²) in [6, 6.07) is 2.03. The van der Waals surface area contributed by atoms with Gasteiger partial charge in [-0.3, -0.25) is 4.79 Å². The zero-order chi connectivity index (χ0) is 17.0.